The van der Waals surface area contributed by atoms with E-state index in [1.165, 1.54) is 11.1 Å². The first-order valence-electron chi connectivity index (χ1n) is 7.86. The molecule has 1 aliphatic carbocycles. The second-order valence-electron chi connectivity index (χ2n) is 6.16. The fraction of sp³-hybridized carbons (Fsp3) is 0.688. The molecule has 1 heterocycles. The number of amides is 1. The average Bonchev–Trinajstić information content (AvgIpc) is 2.98. The zero-order valence-electron chi connectivity index (χ0n) is 13.3. The van der Waals surface area contributed by atoms with E-state index >= 15 is 0 Å². The summed E-state index contributed by atoms with van der Waals surface area (Å²) in [5.74, 6) is 0.0668. The van der Waals surface area contributed by atoms with Gasteiger partial charge in [-0.2, -0.15) is 0 Å². The van der Waals surface area contributed by atoms with E-state index in [9.17, 15) is 13.2 Å². The fourth-order valence-electron chi connectivity index (χ4n) is 3.25. The lowest BCUT2D eigenvalue weighted by Gasteiger charge is -2.37. The molecule has 2 atom stereocenters. The maximum Gasteiger partial charge on any atom is 0.222 e. The molecule has 0 unspecified atom stereocenters. The van der Waals surface area contributed by atoms with Gasteiger partial charge in [-0.05, 0) is 37.1 Å². The van der Waals surface area contributed by atoms with E-state index in [1.807, 2.05) is 11.4 Å². The maximum absolute atomic E-state index is 12.4. The Balaban J connectivity index is 1.90. The van der Waals surface area contributed by atoms with Crippen molar-refractivity contribution in [3.05, 3.63) is 22.4 Å². The van der Waals surface area contributed by atoms with Crippen LogP contribution in [-0.4, -0.2) is 43.8 Å². The van der Waals surface area contributed by atoms with Crippen LogP contribution in [0.15, 0.2) is 17.5 Å². The molecule has 0 aliphatic heterocycles. The van der Waals surface area contributed by atoms with Gasteiger partial charge in [-0.25, -0.2) is 8.42 Å². The number of rotatable bonds is 6. The number of hydrogen-bond donors (Lipinski definition) is 0. The number of aryl methyl sites for hydroxylation is 1. The van der Waals surface area contributed by atoms with E-state index < -0.39 is 15.1 Å². The topological polar surface area (TPSA) is 54.5 Å². The first-order chi connectivity index (χ1) is 10.4. The van der Waals surface area contributed by atoms with Crippen LogP contribution in [0.3, 0.4) is 0 Å². The predicted molar refractivity (Wildman–Crippen MR) is 90.9 cm³/mol. The third kappa shape index (κ3) is 4.56. The number of carbonyl (C=O) groups excluding carboxylic acids is 1. The van der Waals surface area contributed by atoms with E-state index in [-0.39, 0.29) is 11.9 Å². The minimum Gasteiger partial charge on any atom is -0.341 e. The summed E-state index contributed by atoms with van der Waals surface area (Å²) < 4.78 is 23.9. The van der Waals surface area contributed by atoms with Crippen molar-refractivity contribution in [1.29, 1.82) is 0 Å². The first-order valence-corrected chi connectivity index (χ1v) is 10.7. The summed E-state index contributed by atoms with van der Waals surface area (Å²) in [4.78, 5) is 15.4. The Kier molecular flexibility index (Phi) is 6.03. The van der Waals surface area contributed by atoms with Gasteiger partial charge in [0.15, 0.2) is 9.84 Å². The van der Waals surface area contributed by atoms with Crippen LogP contribution in [0.4, 0.5) is 0 Å². The van der Waals surface area contributed by atoms with Crippen molar-refractivity contribution in [3.8, 4) is 0 Å². The lowest BCUT2D eigenvalue weighted by Crippen LogP contribution is -2.49. The maximum atomic E-state index is 12.4. The monoisotopic (exact) mass is 343 g/mol. The zero-order valence-corrected chi connectivity index (χ0v) is 15.0. The lowest BCUT2D eigenvalue weighted by atomic mass is 9.93. The van der Waals surface area contributed by atoms with Crippen molar-refractivity contribution in [1.82, 2.24) is 4.90 Å². The highest BCUT2D eigenvalue weighted by atomic mass is 32.2. The molecule has 1 aliphatic rings. The van der Waals surface area contributed by atoms with Crippen LogP contribution >= 0.6 is 11.3 Å². The fourth-order valence-corrected chi connectivity index (χ4v) is 5.49. The Hall–Kier alpha value is -0.880. The second kappa shape index (κ2) is 7.59. The Labute approximate surface area is 137 Å². The van der Waals surface area contributed by atoms with E-state index in [0.29, 0.717) is 12.8 Å². The number of thiophene rings is 1. The van der Waals surface area contributed by atoms with Crippen LogP contribution in [0.25, 0.3) is 0 Å². The van der Waals surface area contributed by atoms with Crippen LogP contribution in [0.1, 0.15) is 43.4 Å². The first kappa shape index (κ1) is 17.5. The lowest BCUT2D eigenvalue weighted by molar-refractivity contribution is -0.132. The Morgan fingerprint density at radius 2 is 2.09 bits per heavy atom. The smallest absolute Gasteiger partial charge is 0.222 e. The minimum atomic E-state index is -3.10. The zero-order chi connectivity index (χ0) is 16.2. The molecule has 4 nitrogen and oxygen atoms in total. The molecule has 0 N–H and O–H groups in total. The van der Waals surface area contributed by atoms with Crippen LogP contribution in [0.2, 0.25) is 0 Å². The van der Waals surface area contributed by atoms with Crippen molar-refractivity contribution >= 4 is 27.1 Å². The predicted octanol–water partition coefficient (Wildman–Crippen LogP) is 2.89. The van der Waals surface area contributed by atoms with Gasteiger partial charge in [0.25, 0.3) is 0 Å². The minimum absolute atomic E-state index is 0.0668. The van der Waals surface area contributed by atoms with Gasteiger partial charge in [-0.15, -0.1) is 11.3 Å². The van der Waals surface area contributed by atoms with E-state index in [1.54, 1.807) is 23.3 Å². The number of nitrogens with zero attached hydrogens (tertiary/aromatic N) is 1. The Morgan fingerprint density at radius 3 is 2.73 bits per heavy atom. The van der Waals surface area contributed by atoms with E-state index in [2.05, 4.69) is 6.07 Å². The highest BCUT2D eigenvalue weighted by Crippen LogP contribution is 2.28. The molecule has 0 saturated heterocycles. The van der Waals surface area contributed by atoms with Crippen molar-refractivity contribution in [2.24, 2.45) is 0 Å². The molecular formula is C16H25NO3S2. The van der Waals surface area contributed by atoms with Crippen molar-refractivity contribution in [2.45, 2.75) is 56.2 Å². The van der Waals surface area contributed by atoms with Crippen molar-refractivity contribution in [3.63, 3.8) is 0 Å². The number of carbonyl (C=O) groups is 1. The second-order valence-corrected chi connectivity index (χ2v) is 9.45. The van der Waals surface area contributed by atoms with Gasteiger partial charge in [0.1, 0.15) is 0 Å². The standard InChI is InChI=1S/C16H25NO3S2/c1-17(14-9-3-4-10-15(14)22(2,19)20)16(18)11-5-7-13-8-6-12-21-13/h6,8,12,14-15H,3-5,7,9-11H2,1-2H3/t14-,15+/m0/s1. The third-order valence-electron chi connectivity index (χ3n) is 4.50. The molecule has 124 valence electrons. The highest BCUT2D eigenvalue weighted by molar-refractivity contribution is 7.91. The molecule has 1 aromatic rings. The summed E-state index contributed by atoms with van der Waals surface area (Å²) in [5, 5.41) is 1.65. The van der Waals surface area contributed by atoms with Gasteiger partial charge in [0.05, 0.1) is 5.25 Å². The molecule has 22 heavy (non-hydrogen) atoms. The Morgan fingerprint density at radius 1 is 1.36 bits per heavy atom. The largest absolute Gasteiger partial charge is 0.341 e. The van der Waals surface area contributed by atoms with Gasteiger partial charge in [-0.3, -0.25) is 4.79 Å². The summed E-state index contributed by atoms with van der Waals surface area (Å²) >= 11 is 1.71. The molecule has 1 aromatic heterocycles. The molecule has 1 amide bonds. The number of sulfone groups is 1. The van der Waals surface area contributed by atoms with Gasteiger partial charge in [0.2, 0.25) is 5.91 Å². The van der Waals surface area contributed by atoms with Gasteiger partial charge < -0.3 is 4.90 Å². The molecule has 0 spiro atoms. The SMILES string of the molecule is CN(C(=O)CCCc1cccs1)[C@H]1CCCC[C@H]1S(C)(=O)=O. The summed E-state index contributed by atoms with van der Waals surface area (Å²) in [6.07, 6.45) is 6.93. The van der Waals surface area contributed by atoms with Crippen LogP contribution in [0, 0.1) is 0 Å². The van der Waals surface area contributed by atoms with Crippen LogP contribution in [0.5, 0.6) is 0 Å². The van der Waals surface area contributed by atoms with Gasteiger partial charge >= 0.3 is 0 Å². The van der Waals surface area contributed by atoms with Crippen LogP contribution in [-0.2, 0) is 21.1 Å². The van der Waals surface area contributed by atoms with Gasteiger partial charge in [0, 0.05) is 30.6 Å². The van der Waals surface area contributed by atoms with E-state index in [0.717, 1.165) is 32.1 Å². The summed E-state index contributed by atoms with van der Waals surface area (Å²) in [7, 11) is -1.34. The molecule has 2 rings (SSSR count). The molecule has 0 aromatic carbocycles. The molecule has 1 saturated carbocycles. The summed E-state index contributed by atoms with van der Waals surface area (Å²) in [6, 6.07) is 3.95. The van der Waals surface area contributed by atoms with Crippen molar-refractivity contribution in [2.75, 3.05) is 13.3 Å². The molecule has 0 radical (unpaired) electrons. The summed E-state index contributed by atoms with van der Waals surface area (Å²) in [6.45, 7) is 0. The van der Waals surface area contributed by atoms with Crippen LogP contribution < -0.4 is 0 Å². The number of hydrogen-bond acceptors (Lipinski definition) is 4. The molecule has 0 bridgehead atoms. The molecule has 6 heteroatoms. The van der Waals surface area contributed by atoms with Crippen molar-refractivity contribution < 1.29 is 13.2 Å². The average molecular weight is 344 g/mol. The van der Waals surface area contributed by atoms with E-state index in [4.69, 9.17) is 0 Å². The molecular weight excluding hydrogens is 318 g/mol. The quantitative estimate of drug-likeness (QED) is 0.798. The highest BCUT2D eigenvalue weighted by Gasteiger charge is 2.36. The normalized spacial score (nSPS) is 22.5. The molecule has 1 fully saturated rings. The van der Waals surface area contributed by atoms with Gasteiger partial charge in [-0.1, -0.05) is 18.9 Å². The Bertz CT molecular complexity index is 581. The third-order valence-corrected chi connectivity index (χ3v) is 7.09. The summed E-state index contributed by atoms with van der Waals surface area (Å²) in [5.41, 5.74) is 0.